The molecule has 0 heterocycles. The van der Waals surface area contributed by atoms with E-state index in [1.165, 1.54) is 11.1 Å². The van der Waals surface area contributed by atoms with E-state index in [-0.39, 0.29) is 6.54 Å². The minimum absolute atomic E-state index is 0.137. The highest BCUT2D eigenvalue weighted by Crippen LogP contribution is 2.27. The Bertz CT molecular complexity index is 473. The summed E-state index contributed by atoms with van der Waals surface area (Å²) in [6.07, 6.45) is 3.95. The Balaban J connectivity index is 2.13. The lowest BCUT2D eigenvalue weighted by Crippen LogP contribution is -2.42. The highest BCUT2D eigenvalue weighted by Gasteiger charge is 2.25. The van der Waals surface area contributed by atoms with E-state index in [1.54, 1.807) is 7.11 Å². The molecule has 20 heavy (non-hydrogen) atoms. The lowest BCUT2D eigenvalue weighted by molar-refractivity contribution is -0.139. The molecule has 1 aromatic carbocycles. The standard InChI is InChI=1S/C16H23NO3/c1-3-8-17(11-16(18)19)14-6-4-12-5-7-15(20-2)10-13(12)9-14/h5,7,10,14H,3-4,6,8-9,11H2,1-2H3,(H,18,19). The zero-order chi connectivity index (χ0) is 14.5. The normalized spacial score (nSPS) is 17.9. The topological polar surface area (TPSA) is 49.8 Å². The third-order valence-electron chi connectivity index (χ3n) is 3.98. The molecule has 0 saturated carbocycles. The fourth-order valence-electron chi connectivity index (χ4n) is 3.00. The van der Waals surface area contributed by atoms with Crippen LogP contribution in [-0.2, 0) is 17.6 Å². The molecule has 0 fully saturated rings. The Morgan fingerprint density at radius 2 is 2.25 bits per heavy atom. The highest BCUT2D eigenvalue weighted by atomic mass is 16.5. The van der Waals surface area contributed by atoms with Crippen LogP contribution in [0.5, 0.6) is 5.75 Å². The Morgan fingerprint density at radius 3 is 2.90 bits per heavy atom. The summed E-state index contributed by atoms with van der Waals surface area (Å²) in [6, 6.07) is 6.55. The van der Waals surface area contributed by atoms with Crippen LogP contribution in [0.2, 0.25) is 0 Å². The van der Waals surface area contributed by atoms with E-state index in [4.69, 9.17) is 9.84 Å². The van der Waals surface area contributed by atoms with Crippen molar-refractivity contribution in [2.24, 2.45) is 0 Å². The van der Waals surface area contributed by atoms with Gasteiger partial charge in [0.2, 0.25) is 0 Å². The molecule has 110 valence electrons. The minimum Gasteiger partial charge on any atom is -0.497 e. The number of aryl methyl sites for hydroxylation is 1. The average molecular weight is 277 g/mol. The number of carboxylic acids is 1. The molecule has 1 atom stereocenters. The van der Waals surface area contributed by atoms with Gasteiger partial charge in [-0.15, -0.1) is 0 Å². The zero-order valence-corrected chi connectivity index (χ0v) is 12.3. The number of hydrogen-bond donors (Lipinski definition) is 1. The molecule has 1 aliphatic rings. The van der Waals surface area contributed by atoms with Crippen LogP contribution < -0.4 is 4.74 Å². The molecule has 1 N–H and O–H groups in total. The SMILES string of the molecule is CCCN(CC(=O)O)C1CCc2ccc(OC)cc2C1. The van der Waals surface area contributed by atoms with Gasteiger partial charge in [0.25, 0.3) is 0 Å². The van der Waals surface area contributed by atoms with Crippen LogP contribution in [0.3, 0.4) is 0 Å². The molecular weight excluding hydrogens is 254 g/mol. The third kappa shape index (κ3) is 3.51. The summed E-state index contributed by atoms with van der Waals surface area (Å²) in [5, 5.41) is 9.06. The summed E-state index contributed by atoms with van der Waals surface area (Å²) in [6.45, 7) is 3.07. The second kappa shape index (κ2) is 6.75. The largest absolute Gasteiger partial charge is 0.497 e. The second-order valence-corrected chi connectivity index (χ2v) is 5.40. The van der Waals surface area contributed by atoms with Crippen molar-refractivity contribution in [1.29, 1.82) is 0 Å². The molecule has 1 aliphatic carbocycles. The summed E-state index contributed by atoms with van der Waals surface area (Å²) in [5.41, 5.74) is 2.67. The predicted octanol–water partition coefficient (Wildman–Crippen LogP) is 2.35. The van der Waals surface area contributed by atoms with Gasteiger partial charge in [-0.2, -0.15) is 0 Å². The number of methoxy groups -OCH3 is 1. The summed E-state index contributed by atoms with van der Waals surface area (Å²) < 4.78 is 5.28. The Labute approximate surface area is 120 Å². The molecule has 2 rings (SSSR count). The average Bonchev–Trinajstić information content (AvgIpc) is 2.45. The maximum absolute atomic E-state index is 11.0. The van der Waals surface area contributed by atoms with Crippen LogP contribution in [0.4, 0.5) is 0 Å². The monoisotopic (exact) mass is 277 g/mol. The van der Waals surface area contributed by atoms with E-state index in [0.717, 1.165) is 38.0 Å². The first-order valence-electron chi connectivity index (χ1n) is 7.25. The van der Waals surface area contributed by atoms with E-state index in [0.29, 0.717) is 6.04 Å². The molecule has 0 spiro atoms. The molecule has 4 heteroatoms. The summed E-state index contributed by atoms with van der Waals surface area (Å²) in [5.74, 6) is 0.138. The van der Waals surface area contributed by atoms with Crippen molar-refractivity contribution >= 4 is 5.97 Å². The molecule has 0 saturated heterocycles. The Kier molecular flexibility index (Phi) is 5.01. The molecule has 0 aromatic heterocycles. The van der Waals surface area contributed by atoms with E-state index in [9.17, 15) is 4.79 Å². The van der Waals surface area contributed by atoms with Crippen LogP contribution in [0.25, 0.3) is 0 Å². The van der Waals surface area contributed by atoms with Crippen molar-refractivity contribution in [3.63, 3.8) is 0 Å². The number of rotatable bonds is 6. The fourth-order valence-corrected chi connectivity index (χ4v) is 3.00. The van der Waals surface area contributed by atoms with Crippen LogP contribution in [-0.4, -0.2) is 42.2 Å². The molecular formula is C16H23NO3. The van der Waals surface area contributed by atoms with Gasteiger partial charge in [0.15, 0.2) is 0 Å². The van der Waals surface area contributed by atoms with Crippen LogP contribution >= 0.6 is 0 Å². The number of nitrogens with zero attached hydrogens (tertiary/aromatic N) is 1. The molecule has 0 bridgehead atoms. The molecule has 4 nitrogen and oxygen atoms in total. The number of fused-ring (bicyclic) bond motifs is 1. The van der Waals surface area contributed by atoms with Crippen molar-refractivity contribution in [1.82, 2.24) is 4.90 Å². The number of ether oxygens (including phenoxy) is 1. The fraction of sp³-hybridized carbons (Fsp3) is 0.562. The van der Waals surface area contributed by atoms with Crippen molar-refractivity contribution < 1.29 is 14.6 Å². The van der Waals surface area contributed by atoms with Gasteiger partial charge in [-0.25, -0.2) is 0 Å². The van der Waals surface area contributed by atoms with E-state index >= 15 is 0 Å². The summed E-state index contributed by atoms with van der Waals surface area (Å²) >= 11 is 0. The Morgan fingerprint density at radius 1 is 1.45 bits per heavy atom. The number of carbonyl (C=O) groups is 1. The van der Waals surface area contributed by atoms with Crippen LogP contribution in [0, 0.1) is 0 Å². The van der Waals surface area contributed by atoms with Gasteiger partial charge in [0, 0.05) is 6.04 Å². The van der Waals surface area contributed by atoms with Gasteiger partial charge in [0.05, 0.1) is 13.7 Å². The number of hydrogen-bond acceptors (Lipinski definition) is 3. The number of benzene rings is 1. The van der Waals surface area contributed by atoms with Crippen molar-refractivity contribution in [2.75, 3.05) is 20.2 Å². The maximum atomic E-state index is 11.0. The first-order chi connectivity index (χ1) is 9.63. The van der Waals surface area contributed by atoms with E-state index < -0.39 is 5.97 Å². The van der Waals surface area contributed by atoms with Gasteiger partial charge in [-0.1, -0.05) is 13.0 Å². The summed E-state index contributed by atoms with van der Waals surface area (Å²) in [7, 11) is 1.68. The number of carboxylic acid groups (broad SMARTS) is 1. The molecule has 1 aromatic rings. The van der Waals surface area contributed by atoms with Crippen molar-refractivity contribution in [3.8, 4) is 5.75 Å². The molecule has 1 unspecified atom stereocenters. The first kappa shape index (κ1) is 14.9. The predicted molar refractivity (Wildman–Crippen MR) is 78.3 cm³/mol. The first-order valence-corrected chi connectivity index (χ1v) is 7.25. The third-order valence-corrected chi connectivity index (χ3v) is 3.98. The van der Waals surface area contributed by atoms with Crippen molar-refractivity contribution in [2.45, 2.75) is 38.6 Å². The second-order valence-electron chi connectivity index (χ2n) is 5.40. The lowest BCUT2D eigenvalue weighted by Gasteiger charge is -2.34. The Hall–Kier alpha value is -1.55. The molecule has 0 radical (unpaired) electrons. The number of aliphatic carboxylic acids is 1. The van der Waals surface area contributed by atoms with Gasteiger partial charge < -0.3 is 9.84 Å². The summed E-state index contributed by atoms with van der Waals surface area (Å²) in [4.78, 5) is 13.1. The van der Waals surface area contributed by atoms with Crippen LogP contribution in [0.1, 0.15) is 30.9 Å². The van der Waals surface area contributed by atoms with Gasteiger partial charge in [0.1, 0.15) is 5.75 Å². The zero-order valence-electron chi connectivity index (χ0n) is 12.3. The van der Waals surface area contributed by atoms with Crippen LogP contribution in [0.15, 0.2) is 18.2 Å². The van der Waals surface area contributed by atoms with Gasteiger partial charge in [-0.3, -0.25) is 9.69 Å². The highest BCUT2D eigenvalue weighted by molar-refractivity contribution is 5.69. The quantitative estimate of drug-likeness (QED) is 0.867. The van der Waals surface area contributed by atoms with E-state index in [1.807, 2.05) is 6.07 Å². The minimum atomic E-state index is -0.741. The van der Waals surface area contributed by atoms with Crippen molar-refractivity contribution in [3.05, 3.63) is 29.3 Å². The molecule has 0 amide bonds. The molecule has 0 aliphatic heterocycles. The van der Waals surface area contributed by atoms with Gasteiger partial charge in [-0.05, 0) is 55.5 Å². The van der Waals surface area contributed by atoms with Gasteiger partial charge >= 0.3 is 5.97 Å². The maximum Gasteiger partial charge on any atom is 0.317 e. The smallest absolute Gasteiger partial charge is 0.317 e. The lowest BCUT2D eigenvalue weighted by atomic mass is 9.87. The van der Waals surface area contributed by atoms with E-state index in [2.05, 4.69) is 24.0 Å².